The van der Waals surface area contributed by atoms with E-state index in [4.69, 9.17) is 0 Å². The fraction of sp³-hybridized carbons (Fsp3) is 0.333. The van der Waals surface area contributed by atoms with Crippen molar-refractivity contribution in [2.45, 2.75) is 12.6 Å². The lowest BCUT2D eigenvalue weighted by atomic mass is 10.1. The van der Waals surface area contributed by atoms with Crippen molar-refractivity contribution in [1.29, 1.82) is 0 Å². The summed E-state index contributed by atoms with van der Waals surface area (Å²) in [5.41, 5.74) is 0.679. The molecule has 0 aliphatic rings. The Morgan fingerprint density at radius 1 is 1.39 bits per heavy atom. The molecule has 1 unspecified atom stereocenters. The summed E-state index contributed by atoms with van der Waals surface area (Å²) in [6.45, 7) is 0.850. The number of hydrogen-bond acceptors (Lipinski definition) is 4. The molecule has 0 amide bonds. The van der Waals surface area contributed by atoms with Gasteiger partial charge in [0.25, 0.3) is 0 Å². The van der Waals surface area contributed by atoms with Crippen molar-refractivity contribution in [3.05, 3.63) is 47.8 Å². The minimum atomic E-state index is -0.672. The molecule has 1 atom stereocenters. The molecule has 2 N–H and O–H groups in total. The Bertz CT molecular complexity index is 497. The van der Waals surface area contributed by atoms with E-state index in [-0.39, 0.29) is 5.82 Å². The third kappa shape index (κ3) is 3.35. The molecule has 0 spiro atoms. The van der Waals surface area contributed by atoms with Crippen LogP contribution in [0, 0.1) is 5.82 Å². The zero-order chi connectivity index (χ0) is 13.0. The second-order valence-electron chi connectivity index (χ2n) is 4.03. The van der Waals surface area contributed by atoms with Gasteiger partial charge in [0.15, 0.2) is 5.82 Å². The average Bonchev–Trinajstić information content (AvgIpc) is 2.76. The van der Waals surface area contributed by atoms with Gasteiger partial charge in [0.05, 0.1) is 12.6 Å². The van der Waals surface area contributed by atoms with Crippen molar-refractivity contribution in [2.24, 2.45) is 7.05 Å². The normalized spacial score (nSPS) is 12.6. The number of nitrogens with one attached hydrogen (secondary N) is 1. The first-order chi connectivity index (χ1) is 8.65. The third-order valence-corrected chi connectivity index (χ3v) is 2.52. The number of rotatable bonds is 5. The second kappa shape index (κ2) is 5.70. The zero-order valence-corrected chi connectivity index (χ0v) is 10.0. The predicted octanol–water partition coefficient (Wildman–Crippen LogP) is 0.777. The number of hydrogen-bond donors (Lipinski definition) is 2. The SMILES string of the molecule is Cn1cnc(CNCC(O)c2ccc(F)cc2)n1. The highest BCUT2D eigenvalue weighted by molar-refractivity contribution is 5.18. The van der Waals surface area contributed by atoms with E-state index in [0.717, 1.165) is 0 Å². The van der Waals surface area contributed by atoms with E-state index < -0.39 is 6.10 Å². The maximum Gasteiger partial charge on any atom is 0.164 e. The molecule has 1 aromatic heterocycles. The summed E-state index contributed by atoms with van der Waals surface area (Å²) in [4.78, 5) is 4.06. The molecular formula is C12H15FN4O. The maximum atomic E-state index is 12.7. The van der Waals surface area contributed by atoms with E-state index in [1.165, 1.54) is 12.1 Å². The number of aromatic nitrogens is 3. The number of aliphatic hydroxyl groups excluding tert-OH is 1. The second-order valence-corrected chi connectivity index (χ2v) is 4.03. The van der Waals surface area contributed by atoms with Gasteiger partial charge < -0.3 is 10.4 Å². The Morgan fingerprint density at radius 3 is 2.72 bits per heavy atom. The smallest absolute Gasteiger partial charge is 0.164 e. The van der Waals surface area contributed by atoms with Crippen molar-refractivity contribution in [3.63, 3.8) is 0 Å². The van der Waals surface area contributed by atoms with Gasteiger partial charge in [0, 0.05) is 13.6 Å². The van der Waals surface area contributed by atoms with E-state index in [2.05, 4.69) is 15.4 Å². The van der Waals surface area contributed by atoms with Gasteiger partial charge in [-0.15, -0.1) is 0 Å². The van der Waals surface area contributed by atoms with Crippen LogP contribution in [-0.4, -0.2) is 26.4 Å². The van der Waals surface area contributed by atoms with Crippen molar-refractivity contribution in [3.8, 4) is 0 Å². The van der Waals surface area contributed by atoms with Crippen LogP contribution in [0.5, 0.6) is 0 Å². The average molecular weight is 250 g/mol. The highest BCUT2D eigenvalue weighted by Gasteiger charge is 2.07. The molecule has 2 aromatic rings. The lowest BCUT2D eigenvalue weighted by Crippen LogP contribution is -2.21. The molecule has 0 aliphatic heterocycles. The summed E-state index contributed by atoms with van der Waals surface area (Å²) < 4.78 is 14.3. The van der Waals surface area contributed by atoms with Gasteiger partial charge in [0.2, 0.25) is 0 Å². The van der Waals surface area contributed by atoms with Gasteiger partial charge in [-0.05, 0) is 17.7 Å². The number of aliphatic hydroxyl groups is 1. The standard InChI is InChI=1S/C12H15FN4O/c1-17-8-15-12(16-17)7-14-6-11(18)9-2-4-10(13)5-3-9/h2-5,8,11,14,18H,6-7H2,1H3. The van der Waals surface area contributed by atoms with E-state index in [0.29, 0.717) is 24.5 Å². The number of aryl methyl sites for hydroxylation is 1. The number of nitrogens with zero attached hydrogens (tertiary/aromatic N) is 3. The lowest BCUT2D eigenvalue weighted by molar-refractivity contribution is 0.174. The predicted molar refractivity (Wildman–Crippen MR) is 64.1 cm³/mol. The highest BCUT2D eigenvalue weighted by atomic mass is 19.1. The van der Waals surface area contributed by atoms with Gasteiger partial charge >= 0.3 is 0 Å². The van der Waals surface area contributed by atoms with E-state index in [1.807, 2.05) is 0 Å². The minimum absolute atomic E-state index is 0.309. The molecular weight excluding hydrogens is 235 g/mol. The first-order valence-electron chi connectivity index (χ1n) is 5.64. The van der Waals surface area contributed by atoms with Crippen LogP contribution < -0.4 is 5.32 Å². The number of halogens is 1. The first kappa shape index (κ1) is 12.7. The van der Waals surface area contributed by atoms with E-state index in [9.17, 15) is 9.50 Å². The molecule has 6 heteroatoms. The molecule has 18 heavy (non-hydrogen) atoms. The van der Waals surface area contributed by atoms with Gasteiger partial charge in [-0.25, -0.2) is 9.37 Å². The van der Waals surface area contributed by atoms with Crippen LogP contribution in [0.4, 0.5) is 4.39 Å². The largest absolute Gasteiger partial charge is 0.387 e. The van der Waals surface area contributed by atoms with E-state index >= 15 is 0 Å². The molecule has 2 rings (SSSR count). The Labute approximate surface area is 104 Å². The molecule has 5 nitrogen and oxygen atoms in total. The Kier molecular flexibility index (Phi) is 4.01. The Hall–Kier alpha value is -1.79. The van der Waals surface area contributed by atoms with E-state index in [1.54, 1.807) is 30.2 Å². The molecule has 0 radical (unpaired) electrons. The van der Waals surface area contributed by atoms with Crippen molar-refractivity contribution >= 4 is 0 Å². The zero-order valence-electron chi connectivity index (χ0n) is 10.0. The fourth-order valence-corrected chi connectivity index (χ4v) is 1.59. The summed E-state index contributed by atoms with van der Waals surface area (Å²) in [5, 5.41) is 17.0. The molecule has 1 aromatic carbocycles. The molecule has 0 bridgehead atoms. The molecule has 0 aliphatic carbocycles. The van der Waals surface area contributed by atoms with Gasteiger partial charge in [-0.3, -0.25) is 4.68 Å². The summed E-state index contributed by atoms with van der Waals surface area (Å²) in [5.74, 6) is 0.361. The minimum Gasteiger partial charge on any atom is -0.387 e. The molecule has 96 valence electrons. The van der Waals surface area contributed by atoms with Gasteiger partial charge in [0.1, 0.15) is 12.1 Å². The molecule has 0 fully saturated rings. The number of benzene rings is 1. The monoisotopic (exact) mass is 250 g/mol. The van der Waals surface area contributed by atoms with Crippen LogP contribution >= 0.6 is 0 Å². The Balaban J connectivity index is 1.81. The van der Waals surface area contributed by atoms with Crippen LogP contribution in [0.3, 0.4) is 0 Å². The summed E-state index contributed by atoms with van der Waals surface area (Å²) >= 11 is 0. The van der Waals surface area contributed by atoms with Crippen LogP contribution in [0.25, 0.3) is 0 Å². The maximum absolute atomic E-state index is 12.7. The Morgan fingerprint density at radius 2 is 2.11 bits per heavy atom. The van der Waals surface area contributed by atoms with Crippen LogP contribution in [0.1, 0.15) is 17.5 Å². The quantitative estimate of drug-likeness (QED) is 0.823. The summed E-state index contributed by atoms with van der Waals surface area (Å²) in [6, 6.07) is 5.80. The lowest BCUT2D eigenvalue weighted by Gasteiger charge is -2.11. The topological polar surface area (TPSA) is 63.0 Å². The van der Waals surface area contributed by atoms with Crippen LogP contribution in [0.15, 0.2) is 30.6 Å². The van der Waals surface area contributed by atoms with Crippen molar-refractivity contribution in [2.75, 3.05) is 6.54 Å². The highest BCUT2D eigenvalue weighted by Crippen LogP contribution is 2.12. The van der Waals surface area contributed by atoms with Gasteiger partial charge in [-0.2, -0.15) is 5.10 Å². The molecule has 1 heterocycles. The van der Waals surface area contributed by atoms with Crippen molar-refractivity contribution < 1.29 is 9.50 Å². The van der Waals surface area contributed by atoms with Gasteiger partial charge in [-0.1, -0.05) is 12.1 Å². The van der Waals surface area contributed by atoms with Crippen LogP contribution in [-0.2, 0) is 13.6 Å². The fourth-order valence-electron chi connectivity index (χ4n) is 1.59. The summed E-state index contributed by atoms with van der Waals surface area (Å²) in [6.07, 6.45) is 0.947. The van der Waals surface area contributed by atoms with Crippen LogP contribution in [0.2, 0.25) is 0 Å². The van der Waals surface area contributed by atoms with Crippen molar-refractivity contribution in [1.82, 2.24) is 20.1 Å². The third-order valence-electron chi connectivity index (χ3n) is 2.52. The molecule has 0 saturated heterocycles. The first-order valence-corrected chi connectivity index (χ1v) is 5.64. The molecule has 0 saturated carbocycles. The summed E-state index contributed by atoms with van der Waals surface area (Å²) in [7, 11) is 1.80.